The summed E-state index contributed by atoms with van der Waals surface area (Å²) < 4.78 is 5.08. The molecule has 0 aliphatic heterocycles. The van der Waals surface area contributed by atoms with Crippen molar-refractivity contribution in [3.05, 3.63) is 59.7 Å². The van der Waals surface area contributed by atoms with Gasteiger partial charge in [0.15, 0.2) is 12.4 Å². The fourth-order valence-corrected chi connectivity index (χ4v) is 2.62. The summed E-state index contributed by atoms with van der Waals surface area (Å²) in [7, 11) is 0. The lowest BCUT2D eigenvalue weighted by Gasteiger charge is -2.07. The first kappa shape index (κ1) is 19.7. The first-order valence-corrected chi connectivity index (χ1v) is 9.50. The lowest BCUT2D eigenvalue weighted by molar-refractivity contribution is -0.116. The lowest BCUT2D eigenvalue weighted by Crippen LogP contribution is -2.14. The highest BCUT2D eigenvalue weighted by molar-refractivity contribution is 7.98. The van der Waals surface area contributed by atoms with Gasteiger partial charge in [0, 0.05) is 22.6 Å². The summed E-state index contributed by atoms with van der Waals surface area (Å²) >= 11 is 1.58. The van der Waals surface area contributed by atoms with Crippen molar-refractivity contribution >= 4 is 35.1 Å². The van der Waals surface area contributed by atoms with Gasteiger partial charge in [-0.05, 0) is 61.2 Å². The fourth-order valence-electron chi connectivity index (χ4n) is 2.21. The average molecular weight is 371 g/mol. The van der Waals surface area contributed by atoms with Gasteiger partial charge in [-0.25, -0.2) is 4.79 Å². The molecule has 0 aliphatic rings. The number of rotatable bonds is 8. The Hall–Kier alpha value is -2.60. The van der Waals surface area contributed by atoms with E-state index in [0.717, 1.165) is 11.3 Å². The largest absolute Gasteiger partial charge is 0.454 e. The van der Waals surface area contributed by atoms with Crippen molar-refractivity contribution in [3.8, 4) is 0 Å². The van der Waals surface area contributed by atoms with E-state index in [0.29, 0.717) is 23.2 Å². The van der Waals surface area contributed by atoms with E-state index in [9.17, 15) is 14.4 Å². The Morgan fingerprint density at radius 3 is 2.15 bits per heavy atom. The monoisotopic (exact) mass is 371 g/mol. The lowest BCUT2D eigenvalue weighted by atomic mass is 10.1. The summed E-state index contributed by atoms with van der Waals surface area (Å²) in [6.45, 7) is 1.60. The normalized spacial score (nSPS) is 10.2. The SMILES string of the molecule is CCCC(=O)Nc1ccc(C(=O)COC(=O)c2ccc(SC)cc2)cc1. The number of hydrogen-bond donors (Lipinski definition) is 1. The first-order chi connectivity index (χ1) is 12.5. The number of nitrogens with one attached hydrogen (secondary N) is 1. The molecule has 1 N–H and O–H groups in total. The van der Waals surface area contributed by atoms with E-state index in [-0.39, 0.29) is 18.3 Å². The van der Waals surface area contributed by atoms with Gasteiger partial charge in [-0.1, -0.05) is 6.92 Å². The maximum absolute atomic E-state index is 12.1. The second-order valence-corrected chi connectivity index (χ2v) is 6.48. The zero-order chi connectivity index (χ0) is 18.9. The van der Waals surface area contributed by atoms with Crippen molar-refractivity contribution in [1.29, 1.82) is 0 Å². The van der Waals surface area contributed by atoms with Crippen LogP contribution in [0.4, 0.5) is 5.69 Å². The number of Topliss-reactive ketones (excluding diaryl/α,β-unsaturated/α-hetero) is 1. The summed E-state index contributed by atoms with van der Waals surface area (Å²) in [6.07, 6.45) is 3.18. The third-order valence-corrected chi connectivity index (χ3v) is 4.37. The van der Waals surface area contributed by atoms with Crippen molar-refractivity contribution in [2.75, 3.05) is 18.2 Å². The molecule has 1 amide bonds. The number of hydrogen-bond acceptors (Lipinski definition) is 5. The van der Waals surface area contributed by atoms with Gasteiger partial charge in [0.2, 0.25) is 5.91 Å². The molecule has 0 radical (unpaired) electrons. The standard InChI is InChI=1S/C20H21NO4S/c1-3-4-19(23)21-16-9-5-14(6-10-16)18(22)13-25-20(24)15-7-11-17(26-2)12-8-15/h5-12H,3-4,13H2,1-2H3,(H,21,23). The quantitative estimate of drug-likeness (QED) is 0.428. The highest BCUT2D eigenvalue weighted by Crippen LogP contribution is 2.16. The van der Waals surface area contributed by atoms with E-state index in [1.807, 2.05) is 25.3 Å². The molecule has 5 nitrogen and oxygen atoms in total. The zero-order valence-corrected chi connectivity index (χ0v) is 15.6. The van der Waals surface area contributed by atoms with Crippen molar-refractivity contribution in [2.24, 2.45) is 0 Å². The molecule has 0 atom stereocenters. The van der Waals surface area contributed by atoms with Crippen molar-refractivity contribution in [2.45, 2.75) is 24.7 Å². The van der Waals surface area contributed by atoms with E-state index < -0.39 is 5.97 Å². The van der Waals surface area contributed by atoms with Crippen LogP contribution in [0.25, 0.3) is 0 Å². The van der Waals surface area contributed by atoms with Gasteiger partial charge in [0.05, 0.1) is 5.56 Å². The fraction of sp³-hybridized carbons (Fsp3) is 0.250. The molecular weight excluding hydrogens is 350 g/mol. The molecule has 0 bridgehead atoms. The molecule has 26 heavy (non-hydrogen) atoms. The topological polar surface area (TPSA) is 72.5 Å². The molecule has 0 saturated heterocycles. The minimum Gasteiger partial charge on any atom is -0.454 e. The number of amides is 1. The molecule has 6 heteroatoms. The molecule has 0 spiro atoms. The van der Waals surface area contributed by atoms with E-state index in [1.54, 1.807) is 48.2 Å². The molecule has 2 aromatic carbocycles. The van der Waals surface area contributed by atoms with E-state index in [1.165, 1.54) is 0 Å². The van der Waals surface area contributed by atoms with Crippen LogP contribution in [-0.4, -0.2) is 30.5 Å². The Morgan fingerprint density at radius 1 is 0.962 bits per heavy atom. The Kier molecular flexibility index (Phi) is 7.41. The predicted molar refractivity (Wildman–Crippen MR) is 103 cm³/mol. The van der Waals surface area contributed by atoms with Crippen LogP contribution in [-0.2, 0) is 9.53 Å². The van der Waals surface area contributed by atoms with E-state index in [4.69, 9.17) is 4.74 Å². The van der Waals surface area contributed by atoms with Crippen LogP contribution in [0.1, 0.15) is 40.5 Å². The number of anilines is 1. The van der Waals surface area contributed by atoms with E-state index in [2.05, 4.69) is 5.32 Å². The average Bonchev–Trinajstić information content (AvgIpc) is 2.66. The van der Waals surface area contributed by atoms with Gasteiger partial charge < -0.3 is 10.1 Å². The minimum atomic E-state index is -0.533. The maximum atomic E-state index is 12.1. The van der Waals surface area contributed by atoms with Crippen molar-refractivity contribution in [3.63, 3.8) is 0 Å². The summed E-state index contributed by atoms with van der Waals surface area (Å²) in [5.74, 6) is -0.895. The number of esters is 1. The number of benzene rings is 2. The Labute approximate surface area is 157 Å². The van der Waals surface area contributed by atoms with E-state index >= 15 is 0 Å². The summed E-state index contributed by atoms with van der Waals surface area (Å²) in [6, 6.07) is 13.5. The molecule has 0 aromatic heterocycles. The molecular formula is C20H21NO4S. The first-order valence-electron chi connectivity index (χ1n) is 8.27. The molecule has 0 heterocycles. The maximum Gasteiger partial charge on any atom is 0.338 e. The Morgan fingerprint density at radius 2 is 1.58 bits per heavy atom. The third-order valence-electron chi connectivity index (χ3n) is 3.63. The van der Waals surface area contributed by atoms with Gasteiger partial charge >= 0.3 is 5.97 Å². The number of carbonyl (C=O) groups is 3. The van der Waals surface area contributed by atoms with Crippen LogP contribution < -0.4 is 5.32 Å². The minimum absolute atomic E-state index is 0.0620. The second-order valence-electron chi connectivity index (χ2n) is 5.60. The van der Waals surface area contributed by atoms with Gasteiger partial charge in [-0.3, -0.25) is 9.59 Å². The van der Waals surface area contributed by atoms with Gasteiger partial charge in [0.25, 0.3) is 0 Å². The second kappa shape index (κ2) is 9.77. The highest BCUT2D eigenvalue weighted by Gasteiger charge is 2.12. The summed E-state index contributed by atoms with van der Waals surface area (Å²) in [5, 5.41) is 2.75. The number of carbonyl (C=O) groups excluding carboxylic acids is 3. The summed E-state index contributed by atoms with van der Waals surface area (Å²) in [4.78, 5) is 36.7. The predicted octanol–water partition coefficient (Wildman–Crippen LogP) is 4.19. The molecule has 0 fully saturated rings. The number of thioether (sulfide) groups is 1. The zero-order valence-electron chi connectivity index (χ0n) is 14.8. The van der Waals surface area contributed by atoms with Gasteiger partial charge in [0.1, 0.15) is 0 Å². The van der Waals surface area contributed by atoms with Gasteiger partial charge in [-0.15, -0.1) is 11.8 Å². The van der Waals surface area contributed by atoms with Gasteiger partial charge in [-0.2, -0.15) is 0 Å². The molecule has 0 saturated carbocycles. The van der Waals surface area contributed by atoms with Crippen molar-refractivity contribution < 1.29 is 19.1 Å². The Balaban J connectivity index is 1.88. The molecule has 2 rings (SSSR count). The van der Waals surface area contributed by atoms with Crippen LogP contribution in [0.5, 0.6) is 0 Å². The highest BCUT2D eigenvalue weighted by atomic mass is 32.2. The van der Waals surface area contributed by atoms with Crippen LogP contribution in [0.3, 0.4) is 0 Å². The summed E-state index contributed by atoms with van der Waals surface area (Å²) in [5.41, 5.74) is 1.46. The third kappa shape index (κ3) is 5.74. The van der Waals surface area contributed by atoms with Crippen LogP contribution in [0, 0.1) is 0 Å². The number of ketones is 1. The smallest absolute Gasteiger partial charge is 0.338 e. The van der Waals surface area contributed by atoms with Crippen LogP contribution in [0.15, 0.2) is 53.4 Å². The van der Waals surface area contributed by atoms with Crippen LogP contribution in [0.2, 0.25) is 0 Å². The molecule has 0 aliphatic carbocycles. The molecule has 2 aromatic rings. The molecule has 0 unspecified atom stereocenters. The van der Waals surface area contributed by atoms with Crippen molar-refractivity contribution in [1.82, 2.24) is 0 Å². The Bertz CT molecular complexity index is 769. The number of ether oxygens (including phenoxy) is 1. The molecule has 136 valence electrons. The van der Waals surface area contributed by atoms with Crippen LogP contribution >= 0.6 is 11.8 Å².